The van der Waals surface area contributed by atoms with Crippen LogP contribution in [-0.2, 0) is 17.8 Å². The Kier molecular flexibility index (Phi) is 5.67. The van der Waals surface area contributed by atoms with Gasteiger partial charge in [0.1, 0.15) is 0 Å². The summed E-state index contributed by atoms with van der Waals surface area (Å²) >= 11 is 0. The number of amides is 1. The molecule has 1 fully saturated rings. The fourth-order valence-corrected chi connectivity index (χ4v) is 4.12. The smallest absolute Gasteiger partial charge is 0.263 e. The molecule has 0 bridgehead atoms. The quantitative estimate of drug-likeness (QED) is 0.774. The van der Waals surface area contributed by atoms with E-state index in [1.165, 1.54) is 5.56 Å². The molecule has 1 amide bonds. The minimum Gasteiger partial charge on any atom is -0.493 e. The molecule has 2 atom stereocenters. The molecule has 0 spiro atoms. The van der Waals surface area contributed by atoms with E-state index < -0.39 is 6.10 Å². The van der Waals surface area contributed by atoms with Crippen molar-refractivity contribution >= 4 is 5.91 Å². The number of hydrogen-bond donors (Lipinski definition) is 0. The summed E-state index contributed by atoms with van der Waals surface area (Å²) in [6.07, 6.45) is 4.07. The third-order valence-corrected chi connectivity index (χ3v) is 5.70. The van der Waals surface area contributed by atoms with Gasteiger partial charge in [0, 0.05) is 43.5 Å². The number of benzene rings is 1. The van der Waals surface area contributed by atoms with Gasteiger partial charge in [0.15, 0.2) is 23.4 Å². The summed E-state index contributed by atoms with van der Waals surface area (Å²) in [5.41, 5.74) is 2.30. The highest BCUT2D eigenvalue weighted by Crippen LogP contribution is 2.33. The Morgan fingerprint density at radius 2 is 2.03 bits per heavy atom. The van der Waals surface area contributed by atoms with Crippen LogP contribution in [0, 0.1) is 0 Å². The second-order valence-corrected chi connectivity index (χ2v) is 7.79. The van der Waals surface area contributed by atoms with E-state index in [0.29, 0.717) is 18.0 Å². The van der Waals surface area contributed by atoms with Crippen molar-refractivity contribution < 1.29 is 14.3 Å². The summed E-state index contributed by atoms with van der Waals surface area (Å²) in [6, 6.07) is 7.29. The van der Waals surface area contributed by atoms with Crippen LogP contribution in [0.25, 0.3) is 0 Å². The number of para-hydroxylation sites is 2. The van der Waals surface area contributed by atoms with Gasteiger partial charge in [0.05, 0.1) is 13.2 Å². The molecule has 0 aliphatic carbocycles. The molecular formula is C22H28N4O3. The molecule has 1 saturated heterocycles. The number of hydrogen-bond acceptors (Lipinski definition) is 6. The first kappa shape index (κ1) is 19.6. The Bertz CT molecular complexity index is 888. The summed E-state index contributed by atoms with van der Waals surface area (Å²) in [7, 11) is 3.70. The van der Waals surface area contributed by atoms with Crippen LogP contribution in [0.2, 0.25) is 0 Å². The lowest BCUT2D eigenvalue weighted by Gasteiger charge is -2.28. The van der Waals surface area contributed by atoms with Crippen LogP contribution < -0.4 is 9.47 Å². The molecule has 0 radical (unpaired) electrons. The largest absolute Gasteiger partial charge is 0.493 e. The van der Waals surface area contributed by atoms with Crippen molar-refractivity contribution in [2.24, 2.45) is 0 Å². The Balaban J connectivity index is 1.50. The van der Waals surface area contributed by atoms with Crippen LogP contribution in [0.4, 0.5) is 0 Å². The van der Waals surface area contributed by atoms with E-state index in [4.69, 9.17) is 14.5 Å². The molecule has 2 aliphatic heterocycles. The SMILES string of the molecule is COc1ccccc1O[C@H](C)C(=O)N1CCC[C@H]1c1ncc2c(n1)CCN(C)C2. The Morgan fingerprint density at radius 3 is 2.83 bits per heavy atom. The number of aromatic nitrogens is 2. The van der Waals surface area contributed by atoms with Gasteiger partial charge in [-0.05, 0) is 38.9 Å². The average Bonchev–Trinajstić information content (AvgIpc) is 3.23. The maximum Gasteiger partial charge on any atom is 0.263 e. The monoisotopic (exact) mass is 396 g/mol. The molecule has 29 heavy (non-hydrogen) atoms. The van der Waals surface area contributed by atoms with Crippen molar-refractivity contribution in [1.29, 1.82) is 0 Å². The minimum atomic E-state index is -0.613. The fourth-order valence-electron chi connectivity index (χ4n) is 4.12. The van der Waals surface area contributed by atoms with Crippen molar-refractivity contribution in [3.8, 4) is 11.5 Å². The summed E-state index contributed by atoms with van der Waals surface area (Å²) in [5.74, 6) is 1.90. The zero-order valence-corrected chi connectivity index (χ0v) is 17.3. The van der Waals surface area contributed by atoms with Gasteiger partial charge in [-0.25, -0.2) is 9.97 Å². The number of carbonyl (C=O) groups excluding carboxylic acids is 1. The highest BCUT2D eigenvalue weighted by Gasteiger charge is 2.35. The number of likely N-dealkylation sites (N-methyl/N-ethyl adjacent to an activating group) is 1. The van der Waals surface area contributed by atoms with Crippen molar-refractivity contribution in [1.82, 2.24) is 19.8 Å². The molecule has 0 N–H and O–H groups in total. The summed E-state index contributed by atoms with van der Waals surface area (Å²) < 4.78 is 11.3. The lowest BCUT2D eigenvalue weighted by molar-refractivity contribution is -0.139. The third-order valence-electron chi connectivity index (χ3n) is 5.70. The first-order valence-corrected chi connectivity index (χ1v) is 10.2. The molecule has 1 aromatic heterocycles. The number of nitrogens with zero attached hydrogens (tertiary/aromatic N) is 4. The molecule has 2 aromatic rings. The van der Waals surface area contributed by atoms with E-state index in [9.17, 15) is 4.79 Å². The number of methoxy groups -OCH3 is 1. The molecule has 3 heterocycles. The van der Waals surface area contributed by atoms with E-state index in [2.05, 4.69) is 16.9 Å². The first-order chi connectivity index (χ1) is 14.1. The van der Waals surface area contributed by atoms with Crippen LogP contribution in [0.3, 0.4) is 0 Å². The Morgan fingerprint density at radius 1 is 1.24 bits per heavy atom. The molecule has 7 nitrogen and oxygen atoms in total. The molecule has 154 valence electrons. The van der Waals surface area contributed by atoms with Gasteiger partial charge >= 0.3 is 0 Å². The van der Waals surface area contributed by atoms with Crippen LogP contribution in [0.15, 0.2) is 30.5 Å². The molecule has 2 aliphatic rings. The molecule has 7 heteroatoms. The predicted molar refractivity (Wildman–Crippen MR) is 109 cm³/mol. The molecule has 0 saturated carbocycles. The lowest BCUT2D eigenvalue weighted by Crippen LogP contribution is -2.40. The summed E-state index contributed by atoms with van der Waals surface area (Å²) in [5, 5.41) is 0. The van der Waals surface area contributed by atoms with E-state index >= 15 is 0 Å². The fraction of sp³-hybridized carbons (Fsp3) is 0.500. The van der Waals surface area contributed by atoms with Gasteiger partial charge in [-0.3, -0.25) is 4.79 Å². The normalized spacial score (nSPS) is 20.2. The maximum atomic E-state index is 13.2. The third kappa shape index (κ3) is 4.05. The second kappa shape index (κ2) is 8.37. The molecule has 4 rings (SSSR count). The van der Waals surface area contributed by atoms with Crippen molar-refractivity contribution in [2.75, 3.05) is 27.2 Å². The van der Waals surface area contributed by atoms with E-state index in [1.54, 1.807) is 14.0 Å². The molecule has 0 unspecified atom stereocenters. The summed E-state index contributed by atoms with van der Waals surface area (Å²) in [6.45, 7) is 4.37. The topological polar surface area (TPSA) is 67.8 Å². The number of fused-ring (bicyclic) bond motifs is 1. The minimum absolute atomic E-state index is 0.0422. The number of rotatable bonds is 5. The van der Waals surface area contributed by atoms with E-state index in [0.717, 1.165) is 43.9 Å². The second-order valence-electron chi connectivity index (χ2n) is 7.79. The van der Waals surface area contributed by atoms with Crippen LogP contribution in [0.5, 0.6) is 11.5 Å². The van der Waals surface area contributed by atoms with E-state index in [1.807, 2.05) is 35.4 Å². The maximum absolute atomic E-state index is 13.2. The van der Waals surface area contributed by atoms with Gasteiger partial charge in [0.2, 0.25) is 0 Å². The highest BCUT2D eigenvalue weighted by molar-refractivity contribution is 5.81. The van der Waals surface area contributed by atoms with Crippen LogP contribution in [0.1, 0.15) is 42.9 Å². The first-order valence-electron chi connectivity index (χ1n) is 10.2. The van der Waals surface area contributed by atoms with Crippen molar-refractivity contribution in [2.45, 2.75) is 44.9 Å². The van der Waals surface area contributed by atoms with E-state index in [-0.39, 0.29) is 11.9 Å². The van der Waals surface area contributed by atoms with Gasteiger partial charge in [-0.15, -0.1) is 0 Å². The summed E-state index contributed by atoms with van der Waals surface area (Å²) in [4.78, 5) is 26.8. The zero-order chi connectivity index (χ0) is 20.4. The zero-order valence-electron chi connectivity index (χ0n) is 17.3. The van der Waals surface area contributed by atoms with Crippen LogP contribution >= 0.6 is 0 Å². The van der Waals surface area contributed by atoms with Crippen LogP contribution in [-0.4, -0.2) is 59.0 Å². The van der Waals surface area contributed by atoms with Gasteiger partial charge in [-0.2, -0.15) is 0 Å². The molecular weight excluding hydrogens is 368 g/mol. The molecule has 1 aromatic carbocycles. The highest BCUT2D eigenvalue weighted by atomic mass is 16.5. The van der Waals surface area contributed by atoms with Gasteiger partial charge < -0.3 is 19.3 Å². The van der Waals surface area contributed by atoms with Gasteiger partial charge in [-0.1, -0.05) is 12.1 Å². The lowest BCUT2D eigenvalue weighted by atomic mass is 10.1. The average molecular weight is 396 g/mol. The predicted octanol–water partition coefficient (Wildman–Crippen LogP) is 2.60. The number of carbonyl (C=O) groups is 1. The van der Waals surface area contributed by atoms with Crippen molar-refractivity contribution in [3.05, 3.63) is 47.5 Å². The number of likely N-dealkylation sites (tertiary alicyclic amines) is 1. The standard InChI is InChI=1S/C22H28N4O3/c1-15(29-20-9-5-4-8-19(20)28-3)22(27)26-11-6-7-18(26)21-23-13-16-14-25(2)12-10-17(16)24-21/h4-5,8-9,13,15,18H,6-7,10-12,14H2,1-3H3/t15-,18+/m1/s1. The van der Waals surface area contributed by atoms with Crippen molar-refractivity contribution in [3.63, 3.8) is 0 Å². The number of ether oxygens (including phenoxy) is 2. The Hall–Kier alpha value is -2.67. The van der Waals surface area contributed by atoms with Gasteiger partial charge in [0.25, 0.3) is 5.91 Å². The Labute approximate surface area is 171 Å².